The lowest BCUT2D eigenvalue weighted by atomic mass is 9.98. The van der Waals surface area contributed by atoms with Crippen molar-refractivity contribution < 1.29 is 23.5 Å². The van der Waals surface area contributed by atoms with Gasteiger partial charge in [0, 0.05) is 35.4 Å². The summed E-state index contributed by atoms with van der Waals surface area (Å²) >= 11 is 0. The summed E-state index contributed by atoms with van der Waals surface area (Å²) in [6.45, 7) is 6.12. The third-order valence-electron chi connectivity index (χ3n) is 6.27. The van der Waals surface area contributed by atoms with Gasteiger partial charge in [-0.3, -0.25) is 4.79 Å². The van der Waals surface area contributed by atoms with Crippen LogP contribution in [0.4, 0.5) is 0 Å². The summed E-state index contributed by atoms with van der Waals surface area (Å²) in [7, 11) is 0. The molecule has 1 atom stereocenters. The highest BCUT2D eigenvalue weighted by molar-refractivity contribution is 5.96. The van der Waals surface area contributed by atoms with Gasteiger partial charge in [-0.1, -0.05) is 0 Å². The number of carbonyl (C=O) groups is 2. The minimum absolute atomic E-state index is 0.0486. The molecule has 1 fully saturated rings. The van der Waals surface area contributed by atoms with Crippen molar-refractivity contribution >= 4 is 33.8 Å². The van der Waals surface area contributed by atoms with Gasteiger partial charge in [0.1, 0.15) is 16.9 Å². The van der Waals surface area contributed by atoms with Crippen LogP contribution in [0.3, 0.4) is 0 Å². The van der Waals surface area contributed by atoms with Crippen molar-refractivity contribution in [1.29, 1.82) is 0 Å². The number of rotatable bonds is 4. The highest BCUT2D eigenvalue weighted by atomic mass is 16.4. The van der Waals surface area contributed by atoms with Gasteiger partial charge >= 0.3 is 5.63 Å². The molecule has 1 amide bonds. The zero-order chi connectivity index (χ0) is 21.6. The normalized spacial score (nSPS) is 17.0. The maximum absolute atomic E-state index is 12.7. The lowest BCUT2D eigenvalue weighted by Gasteiger charge is -2.36. The van der Waals surface area contributed by atoms with Crippen LogP contribution in [-0.4, -0.2) is 29.4 Å². The van der Waals surface area contributed by atoms with Gasteiger partial charge < -0.3 is 23.6 Å². The van der Waals surface area contributed by atoms with E-state index in [0.29, 0.717) is 29.7 Å². The van der Waals surface area contributed by atoms with E-state index in [1.54, 1.807) is 6.07 Å². The van der Waals surface area contributed by atoms with Gasteiger partial charge in [-0.2, -0.15) is 0 Å². The van der Waals surface area contributed by atoms with E-state index in [-0.39, 0.29) is 18.7 Å². The van der Waals surface area contributed by atoms with Crippen LogP contribution in [0.1, 0.15) is 48.1 Å². The van der Waals surface area contributed by atoms with Crippen LogP contribution in [0.15, 0.2) is 25.8 Å². The number of furan rings is 1. The molecule has 0 unspecified atom stereocenters. The van der Waals surface area contributed by atoms with E-state index in [2.05, 4.69) is 0 Å². The monoisotopic (exact) mass is 410 g/mol. The standard InChI is InChI=1S/C23H25NO6/c1-12-14(3)29-19-11-20-17(10-16(12)19)13(2)15(23(28)30-20)7-8-21(25)24-9-5-4-6-18(24)22(26)27/h10-11,18H,4-9H2,1-3H3,(H,26,27)/p-1/t18-/m1/s1. The SMILES string of the molecule is Cc1oc2cc3oc(=O)c(CCC(=O)N4CCCC[C@@H]4C(=O)[O-])c(C)c3cc2c1C. The first-order valence-corrected chi connectivity index (χ1v) is 10.2. The summed E-state index contributed by atoms with van der Waals surface area (Å²) in [6.07, 6.45) is 2.18. The molecule has 30 heavy (non-hydrogen) atoms. The van der Waals surface area contributed by atoms with Gasteiger partial charge in [0.25, 0.3) is 0 Å². The van der Waals surface area contributed by atoms with Crippen molar-refractivity contribution in [3.05, 3.63) is 45.0 Å². The number of aliphatic carboxylic acids is 1. The lowest BCUT2D eigenvalue weighted by Crippen LogP contribution is -2.52. The lowest BCUT2D eigenvalue weighted by molar-refractivity contribution is -0.312. The summed E-state index contributed by atoms with van der Waals surface area (Å²) in [5, 5.41) is 13.1. The van der Waals surface area contributed by atoms with Crippen LogP contribution >= 0.6 is 0 Å². The van der Waals surface area contributed by atoms with E-state index in [4.69, 9.17) is 8.83 Å². The second kappa shape index (κ2) is 7.63. The molecule has 7 heteroatoms. The van der Waals surface area contributed by atoms with Crippen molar-refractivity contribution in [1.82, 2.24) is 4.90 Å². The Morgan fingerprint density at radius 2 is 1.77 bits per heavy atom. The number of nitrogens with zero attached hydrogens (tertiary/aromatic N) is 1. The number of carbonyl (C=O) groups excluding carboxylic acids is 2. The number of piperidine rings is 1. The Hall–Kier alpha value is -3.09. The summed E-state index contributed by atoms with van der Waals surface area (Å²) < 4.78 is 11.3. The minimum Gasteiger partial charge on any atom is -0.548 e. The average molecular weight is 410 g/mol. The fraction of sp³-hybridized carbons (Fsp3) is 0.435. The molecular formula is C23H24NO6-. The van der Waals surface area contributed by atoms with E-state index < -0.39 is 17.6 Å². The van der Waals surface area contributed by atoms with Crippen molar-refractivity contribution in [2.24, 2.45) is 0 Å². The summed E-state index contributed by atoms with van der Waals surface area (Å²) in [4.78, 5) is 38.0. The second-order valence-corrected chi connectivity index (χ2v) is 8.04. The molecule has 0 radical (unpaired) electrons. The molecule has 7 nitrogen and oxygen atoms in total. The molecule has 0 aliphatic carbocycles. The van der Waals surface area contributed by atoms with Crippen LogP contribution in [0, 0.1) is 20.8 Å². The Bertz CT molecular complexity index is 1220. The molecular weight excluding hydrogens is 386 g/mol. The minimum atomic E-state index is -1.22. The first-order valence-electron chi connectivity index (χ1n) is 10.2. The summed E-state index contributed by atoms with van der Waals surface area (Å²) in [6, 6.07) is 2.80. The van der Waals surface area contributed by atoms with Gasteiger partial charge in [-0.05, 0) is 63.6 Å². The zero-order valence-electron chi connectivity index (χ0n) is 17.4. The van der Waals surface area contributed by atoms with E-state index in [9.17, 15) is 19.5 Å². The number of carboxylic acid groups (broad SMARTS) is 1. The molecule has 0 bridgehead atoms. The Morgan fingerprint density at radius 1 is 1.07 bits per heavy atom. The molecule has 0 N–H and O–H groups in total. The van der Waals surface area contributed by atoms with Gasteiger partial charge in [0.05, 0.1) is 12.0 Å². The van der Waals surface area contributed by atoms with Crippen LogP contribution in [0.5, 0.6) is 0 Å². The highest BCUT2D eigenvalue weighted by Gasteiger charge is 2.27. The number of fused-ring (bicyclic) bond motifs is 2. The molecule has 4 rings (SSSR count). The Morgan fingerprint density at radius 3 is 2.50 bits per heavy atom. The third kappa shape index (κ3) is 3.38. The fourth-order valence-corrected chi connectivity index (χ4v) is 4.36. The first-order chi connectivity index (χ1) is 14.3. The number of amides is 1. The third-order valence-corrected chi connectivity index (χ3v) is 6.27. The van der Waals surface area contributed by atoms with Crippen molar-refractivity contribution in [3.8, 4) is 0 Å². The van der Waals surface area contributed by atoms with Crippen molar-refractivity contribution in [3.63, 3.8) is 0 Å². The van der Waals surface area contributed by atoms with Gasteiger partial charge in [-0.15, -0.1) is 0 Å². The van der Waals surface area contributed by atoms with E-state index in [0.717, 1.165) is 40.5 Å². The average Bonchev–Trinajstić information content (AvgIpc) is 2.99. The number of hydrogen-bond donors (Lipinski definition) is 0. The molecule has 1 saturated heterocycles. The number of aryl methyl sites for hydroxylation is 3. The van der Waals surface area contributed by atoms with E-state index >= 15 is 0 Å². The molecule has 0 spiro atoms. The quantitative estimate of drug-likeness (QED) is 0.612. The predicted molar refractivity (Wildman–Crippen MR) is 109 cm³/mol. The van der Waals surface area contributed by atoms with Crippen LogP contribution in [0.2, 0.25) is 0 Å². The molecule has 1 aliphatic rings. The van der Waals surface area contributed by atoms with E-state index in [1.807, 2.05) is 26.8 Å². The molecule has 2 aromatic heterocycles. The largest absolute Gasteiger partial charge is 0.548 e. The molecule has 0 saturated carbocycles. The molecule has 3 heterocycles. The fourth-order valence-electron chi connectivity index (χ4n) is 4.36. The second-order valence-electron chi connectivity index (χ2n) is 8.04. The maximum Gasteiger partial charge on any atom is 0.339 e. The smallest absolute Gasteiger partial charge is 0.339 e. The molecule has 1 aliphatic heterocycles. The number of hydrogen-bond acceptors (Lipinski definition) is 6. The highest BCUT2D eigenvalue weighted by Crippen LogP contribution is 2.31. The van der Waals surface area contributed by atoms with E-state index in [1.165, 1.54) is 4.90 Å². The van der Waals surface area contributed by atoms with Gasteiger partial charge in [0.2, 0.25) is 5.91 Å². The van der Waals surface area contributed by atoms with Crippen LogP contribution in [-0.2, 0) is 16.0 Å². The van der Waals surface area contributed by atoms with Gasteiger partial charge in [0.15, 0.2) is 0 Å². The van der Waals surface area contributed by atoms with Gasteiger partial charge in [-0.25, -0.2) is 4.79 Å². The number of benzene rings is 1. The zero-order valence-corrected chi connectivity index (χ0v) is 17.4. The Balaban J connectivity index is 1.64. The predicted octanol–water partition coefficient (Wildman–Crippen LogP) is 2.53. The van der Waals surface area contributed by atoms with Crippen LogP contribution in [0.25, 0.3) is 21.9 Å². The first kappa shape index (κ1) is 20.2. The summed E-state index contributed by atoms with van der Waals surface area (Å²) in [5.74, 6) is -0.686. The van der Waals surface area contributed by atoms with Crippen LogP contribution < -0.4 is 10.7 Å². The number of carboxylic acids is 1. The Labute approximate surface area is 173 Å². The molecule has 3 aromatic rings. The molecule has 158 valence electrons. The Kier molecular flexibility index (Phi) is 5.13. The summed E-state index contributed by atoms with van der Waals surface area (Å²) in [5.41, 5.74) is 2.87. The maximum atomic E-state index is 12.7. The van der Waals surface area contributed by atoms with Crippen molar-refractivity contribution in [2.75, 3.05) is 6.54 Å². The topological polar surface area (TPSA) is 104 Å². The van der Waals surface area contributed by atoms with Crippen molar-refractivity contribution in [2.45, 2.75) is 58.9 Å². The number of likely N-dealkylation sites (tertiary alicyclic amines) is 1. The molecule has 1 aromatic carbocycles.